The molecule has 0 bridgehead atoms. The SMILES string of the molecule is COC(=O)c1cc(N(C)C)c2c(c1O)C(O)=C1C(=O)[C@]3(O)C(O)=C(C(N)=O)C(=O)[C@@H](N(C)C)[C@@H]3C[C@@H]1C2. The van der Waals surface area contributed by atoms with Gasteiger partial charge in [-0.2, -0.15) is 0 Å². The van der Waals surface area contributed by atoms with Crippen molar-refractivity contribution in [1.82, 2.24) is 4.90 Å². The van der Waals surface area contributed by atoms with E-state index in [9.17, 15) is 39.6 Å². The number of aliphatic hydroxyl groups excluding tert-OH is 2. The van der Waals surface area contributed by atoms with Crippen LogP contribution in [-0.4, -0.2) is 95.7 Å². The van der Waals surface area contributed by atoms with Crippen molar-refractivity contribution in [2.45, 2.75) is 24.5 Å². The number of rotatable bonds is 4. The lowest BCUT2D eigenvalue weighted by Gasteiger charge is -2.50. The average Bonchev–Trinajstić information content (AvgIpc) is 2.80. The Morgan fingerprint density at radius 1 is 1.14 bits per heavy atom. The van der Waals surface area contributed by atoms with Crippen LogP contribution in [0.5, 0.6) is 5.75 Å². The molecule has 1 aromatic carbocycles. The van der Waals surface area contributed by atoms with Crippen LogP contribution < -0.4 is 10.6 Å². The number of carbonyl (C=O) groups excluding carboxylic acids is 4. The molecular formula is C25H29N3O9. The summed E-state index contributed by atoms with van der Waals surface area (Å²) in [5.41, 5.74) is 1.91. The van der Waals surface area contributed by atoms with Gasteiger partial charge in [-0.25, -0.2) is 4.79 Å². The molecule has 0 aromatic heterocycles. The molecule has 4 rings (SSSR count). The number of amides is 1. The van der Waals surface area contributed by atoms with Crippen molar-refractivity contribution in [2.24, 2.45) is 17.6 Å². The number of hydrogen-bond acceptors (Lipinski definition) is 11. The third kappa shape index (κ3) is 3.43. The number of methoxy groups -OCH3 is 1. The van der Waals surface area contributed by atoms with Crippen LogP contribution in [0.4, 0.5) is 5.69 Å². The summed E-state index contributed by atoms with van der Waals surface area (Å²) < 4.78 is 4.74. The number of hydrogen-bond donors (Lipinski definition) is 5. The van der Waals surface area contributed by atoms with Crippen LogP contribution in [0.1, 0.15) is 27.9 Å². The summed E-state index contributed by atoms with van der Waals surface area (Å²) in [5, 5.41) is 44.8. The van der Waals surface area contributed by atoms with Gasteiger partial charge in [0, 0.05) is 31.3 Å². The summed E-state index contributed by atoms with van der Waals surface area (Å²) in [6.07, 6.45) is 0.0786. The standard InChI is InChI=1S/C25H29N3O9/c1-27(2)13-8-11(24(35)37-5)18(29)15-10(13)6-9-7-12-17(28(3)4)20(31)16(23(26)34)22(33)25(12,36)21(32)14(9)19(15)30/h8-9,12,17,29-30,33,36H,6-7H2,1-5H3,(H2,26,34)/t9-,12-,17-,25-/m0/s1. The molecule has 1 aromatic rings. The normalized spacial score (nSPS) is 27.1. The number of ketones is 2. The molecule has 0 unspecified atom stereocenters. The number of nitrogens with zero attached hydrogens (tertiary/aromatic N) is 2. The van der Waals surface area contributed by atoms with Crippen molar-refractivity contribution in [2.75, 3.05) is 40.2 Å². The molecule has 1 amide bonds. The molecule has 12 heteroatoms. The molecule has 1 fully saturated rings. The summed E-state index contributed by atoms with van der Waals surface area (Å²) in [7, 11) is 7.59. The van der Waals surface area contributed by atoms with E-state index in [1.807, 2.05) is 0 Å². The number of esters is 1. The molecule has 3 aliphatic rings. The van der Waals surface area contributed by atoms with E-state index < -0.39 is 69.8 Å². The molecule has 0 spiro atoms. The number of aromatic hydroxyl groups is 1. The van der Waals surface area contributed by atoms with E-state index in [4.69, 9.17) is 10.5 Å². The summed E-state index contributed by atoms with van der Waals surface area (Å²) in [4.78, 5) is 54.5. The van der Waals surface area contributed by atoms with Gasteiger partial charge in [0.2, 0.25) is 5.78 Å². The van der Waals surface area contributed by atoms with Crippen LogP contribution in [-0.2, 0) is 25.5 Å². The third-order valence-electron chi connectivity index (χ3n) is 7.58. The van der Waals surface area contributed by atoms with Gasteiger partial charge < -0.3 is 35.8 Å². The van der Waals surface area contributed by atoms with Crippen molar-refractivity contribution in [1.29, 1.82) is 0 Å². The van der Waals surface area contributed by atoms with E-state index in [-0.39, 0.29) is 29.5 Å². The smallest absolute Gasteiger partial charge is 0.341 e. The lowest BCUT2D eigenvalue weighted by molar-refractivity contribution is -0.153. The lowest BCUT2D eigenvalue weighted by Crippen LogP contribution is -2.65. The lowest BCUT2D eigenvalue weighted by atomic mass is 9.57. The number of nitrogens with two attached hydrogens (primary N) is 1. The minimum absolute atomic E-state index is 0.0296. The molecule has 0 aliphatic heterocycles. The molecule has 4 atom stereocenters. The minimum atomic E-state index is -2.73. The van der Waals surface area contributed by atoms with Gasteiger partial charge in [-0.1, -0.05) is 0 Å². The molecule has 37 heavy (non-hydrogen) atoms. The van der Waals surface area contributed by atoms with E-state index in [0.29, 0.717) is 11.3 Å². The van der Waals surface area contributed by atoms with Crippen LogP contribution in [0.15, 0.2) is 23.0 Å². The first kappa shape index (κ1) is 26.2. The van der Waals surface area contributed by atoms with Crippen LogP contribution >= 0.6 is 0 Å². The predicted molar refractivity (Wildman–Crippen MR) is 130 cm³/mol. The zero-order chi connectivity index (χ0) is 27.7. The first-order valence-electron chi connectivity index (χ1n) is 11.5. The number of ether oxygens (including phenoxy) is 1. The molecular weight excluding hydrogens is 486 g/mol. The zero-order valence-corrected chi connectivity index (χ0v) is 21.0. The number of likely N-dealkylation sites (N-methyl/N-ethyl adjacent to an activating group) is 1. The number of primary amides is 1. The molecule has 0 heterocycles. The maximum absolute atomic E-state index is 13.9. The Labute approximate surface area is 212 Å². The van der Waals surface area contributed by atoms with Gasteiger partial charge in [-0.05, 0) is 44.5 Å². The van der Waals surface area contributed by atoms with E-state index in [1.54, 1.807) is 19.0 Å². The van der Waals surface area contributed by atoms with E-state index >= 15 is 0 Å². The summed E-state index contributed by atoms with van der Waals surface area (Å²) in [5.74, 6) is -8.46. The fourth-order valence-electron chi connectivity index (χ4n) is 5.96. The Morgan fingerprint density at radius 3 is 2.27 bits per heavy atom. The first-order chi connectivity index (χ1) is 17.2. The Bertz CT molecular complexity index is 1330. The van der Waals surface area contributed by atoms with E-state index in [1.165, 1.54) is 25.1 Å². The number of phenolic OH excluding ortho intramolecular Hbond substituents is 1. The Kier molecular flexibility index (Phi) is 6.08. The second-order valence-electron chi connectivity index (χ2n) is 9.99. The van der Waals surface area contributed by atoms with Gasteiger partial charge in [-0.15, -0.1) is 0 Å². The maximum atomic E-state index is 13.9. The number of carbonyl (C=O) groups is 4. The Balaban J connectivity index is 2.02. The Hall–Kier alpha value is -3.90. The van der Waals surface area contributed by atoms with Gasteiger partial charge >= 0.3 is 5.97 Å². The van der Waals surface area contributed by atoms with Gasteiger partial charge in [0.25, 0.3) is 5.91 Å². The van der Waals surface area contributed by atoms with E-state index in [2.05, 4.69) is 0 Å². The topological polar surface area (TPSA) is 191 Å². The van der Waals surface area contributed by atoms with Crippen molar-refractivity contribution in [3.8, 4) is 5.75 Å². The highest BCUT2D eigenvalue weighted by Crippen LogP contribution is 2.54. The summed E-state index contributed by atoms with van der Waals surface area (Å²) in [6.45, 7) is 0. The van der Waals surface area contributed by atoms with E-state index in [0.717, 1.165) is 7.11 Å². The average molecular weight is 516 g/mol. The second-order valence-corrected chi connectivity index (χ2v) is 9.99. The molecule has 3 aliphatic carbocycles. The highest BCUT2D eigenvalue weighted by Gasteiger charge is 2.64. The van der Waals surface area contributed by atoms with Crippen molar-refractivity contribution < 1.29 is 44.3 Å². The molecule has 0 radical (unpaired) electrons. The fraction of sp³-hybridized carbons (Fsp3) is 0.440. The van der Waals surface area contributed by atoms with Crippen LogP contribution in [0.2, 0.25) is 0 Å². The van der Waals surface area contributed by atoms with Crippen molar-refractivity contribution >= 4 is 34.9 Å². The van der Waals surface area contributed by atoms with Gasteiger partial charge in [0.15, 0.2) is 11.4 Å². The highest BCUT2D eigenvalue weighted by atomic mass is 16.5. The van der Waals surface area contributed by atoms with Gasteiger partial charge in [-0.3, -0.25) is 19.3 Å². The summed E-state index contributed by atoms with van der Waals surface area (Å²) >= 11 is 0. The maximum Gasteiger partial charge on any atom is 0.341 e. The Morgan fingerprint density at radius 2 is 1.76 bits per heavy atom. The van der Waals surface area contributed by atoms with Crippen LogP contribution in [0.25, 0.3) is 5.76 Å². The molecule has 1 saturated carbocycles. The van der Waals surface area contributed by atoms with Gasteiger partial charge in [0.1, 0.15) is 28.4 Å². The largest absolute Gasteiger partial charge is 0.508 e. The zero-order valence-electron chi connectivity index (χ0n) is 21.0. The van der Waals surface area contributed by atoms with Crippen LogP contribution in [0, 0.1) is 11.8 Å². The monoisotopic (exact) mass is 515 g/mol. The second kappa shape index (κ2) is 8.60. The third-order valence-corrected chi connectivity index (χ3v) is 7.58. The number of anilines is 1. The number of fused-ring (bicyclic) bond motifs is 3. The first-order valence-corrected chi connectivity index (χ1v) is 11.5. The molecule has 198 valence electrons. The molecule has 6 N–H and O–H groups in total. The summed E-state index contributed by atoms with van der Waals surface area (Å²) in [6, 6.07) is 0.251. The van der Waals surface area contributed by atoms with Crippen molar-refractivity contribution in [3.63, 3.8) is 0 Å². The fourth-order valence-corrected chi connectivity index (χ4v) is 5.96. The quantitative estimate of drug-likeness (QED) is 0.264. The minimum Gasteiger partial charge on any atom is -0.508 e. The molecule has 0 saturated heterocycles. The van der Waals surface area contributed by atoms with Gasteiger partial charge in [0.05, 0.1) is 18.7 Å². The number of benzene rings is 1. The highest BCUT2D eigenvalue weighted by molar-refractivity contribution is 6.24. The molecule has 12 nitrogen and oxygen atoms in total. The number of phenols is 1. The van der Waals surface area contributed by atoms with Crippen molar-refractivity contribution in [3.05, 3.63) is 39.7 Å². The number of Topliss-reactive ketones (excluding diaryl/α,β-unsaturated/α-hetero) is 2. The van der Waals surface area contributed by atoms with Crippen LogP contribution in [0.3, 0.4) is 0 Å². The predicted octanol–water partition coefficient (Wildman–Crippen LogP) is -0.183. The number of aliphatic hydroxyl groups is 3.